The summed E-state index contributed by atoms with van der Waals surface area (Å²) in [7, 11) is 1.77. The quantitative estimate of drug-likeness (QED) is 0.403. The van der Waals surface area contributed by atoms with Crippen molar-refractivity contribution in [2.75, 3.05) is 7.05 Å². The average molecular weight is 448 g/mol. The third kappa shape index (κ3) is 6.50. The zero-order valence-corrected chi connectivity index (χ0v) is 17.2. The van der Waals surface area contributed by atoms with Gasteiger partial charge in [-0.3, -0.25) is 4.99 Å². The second-order valence-corrected chi connectivity index (χ2v) is 6.70. The summed E-state index contributed by atoms with van der Waals surface area (Å²) < 4.78 is 5.26. The molecular weight excluding hydrogens is 423 g/mol. The van der Waals surface area contributed by atoms with Crippen LogP contribution in [-0.2, 0) is 19.4 Å². The van der Waals surface area contributed by atoms with Crippen LogP contribution in [0, 0.1) is 6.92 Å². The molecule has 0 fully saturated rings. The van der Waals surface area contributed by atoms with Crippen LogP contribution in [0.1, 0.15) is 35.1 Å². The van der Waals surface area contributed by atoms with Gasteiger partial charge in [-0.15, -0.1) is 35.3 Å². The van der Waals surface area contributed by atoms with Crippen LogP contribution in [0.2, 0.25) is 0 Å². The number of guanidine groups is 1. The Kier molecular flexibility index (Phi) is 8.60. The van der Waals surface area contributed by atoms with Gasteiger partial charge in [-0.25, -0.2) is 0 Å². The summed E-state index contributed by atoms with van der Waals surface area (Å²) in [4.78, 5) is 6.99. The molecular formula is C16H25IN4OS. The van der Waals surface area contributed by atoms with Crippen molar-refractivity contribution in [2.24, 2.45) is 4.99 Å². The second kappa shape index (κ2) is 9.92. The van der Waals surface area contributed by atoms with E-state index in [1.54, 1.807) is 7.05 Å². The fraction of sp³-hybridized carbons (Fsp3) is 0.500. The number of halogens is 1. The summed E-state index contributed by atoms with van der Waals surface area (Å²) in [6.07, 6.45) is 1.87. The maximum atomic E-state index is 5.26. The smallest absolute Gasteiger partial charge is 0.191 e. The van der Waals surface area contributed by atoms with Crippen molar-refractivity contribution in [2.45, 2.75) is 46.2 Å². The fourth-order valence-corrected chi connectivity index (χ4v) is 3.17. The van der Waals surface area contributed by atoms with Crippen LogP contribution in [0.25, 0.3) is 0 Å². The van der Waals surface area contributed by atoms with Crippen molar-refractivity contribution in [1.29, 1.82) is 0 Å². The number of aryl methyl sites for hydroxylation is 2. The van der Waals surface area contributed by atoms with Crippen molar-refractivity contribution >= 4 is 41.3 Å². The average Bonchev–Trinajstić information content (AvgIpc) is 3.12. The summed E-state index contributed by atoms with van der Waals surface area (Å²) in [6.45, 7) is 6.93. The maximum Gasteiger partial charge on any atom is 0.191 e. The van der Waals surface area contributed by atoms with E-state index in [-0.39, 0.29) is 24.0 Å². The Morgan fingerprint density at radius 2 is 2.22 bits per heavy atom. The van der Waals surface area contributed by atoms with Gasteiger partial charge in [-0.05, 0) is 32.4 Å². The molecule has 2 aromatic heterocycles. The topological polar surface area (TPSA) is 62.5 Å². The van der Waals surface area contributed by atoms with Crippen molar-refractivity contribution in [3.63, 3.8) is 0 Å². The Hall–Kier alpha value is -1.09. The van der Waals surface area contributed by atoms with Gasteiger partial charge in [-0.2, -0.15) is 0 Å². The summed E-state index contributed by atoms with van der Waals surface area (Å²) in [5, 5.41) is 10.6. The van der Waals surface area contributed by atoms with Gasteiger partial charge < -0.3 is 15.2 Å². The minimum Gasteiger partial charge on any atom is -0.359 e. The van der Waals surface area contributed by atoms with Gasteiger partial charge in [0.2, 0.25) is 0 Å². The third-order valence-corrected chi connectivity index (χ3v) is 4.33. The standard InChI is InChI=1S/C16H24N4OS.HI/c1-5-13-9-14(21-20-13)10-18-16(17-4)19-11(2)8-15-7-6-12(3)22-15;/h6-7,9,11H,5,8,10H2,1-4H3,(H2,17,18,19);1H. The van der Waals surface area contributed by atoms with Gasteiger partial charge >= 0.3 is 0 Å². The molecule has 0 spiro atoms. The molecule has 0 bridgehead atoms. The van der Waals surface area contributed by atoms with Crippen molar-refractivity contribution in [1.82, 2.24) is 15.8 Å². The van der Waals surface area contributed by atoms with Crippen LogP contribution in [0.15, 0.2) is 27.7 Å². The number of hydrogen-bond donors (Lipinski definition) is 2. The highest BCUT2D eigenvalue weighted by molar-refractivity contribution is 14.0. The first-order chi connectivity index (χ1) is 10.6. The van der Waals surface area contributed by atoms with Crippen molar-refractivity contribution in [3.8, 4) is 0 Å². The number of hydrogen-bond acceptors (Lipinski definition) is 4. The summed E-state index contributed by atoms with van der Waals surface area (Å²) in [6, 6.07) is 6.63. The van der Waals surface area contributed by atoms with Gasteiger partial charge in [0.25, 0.3) is 0 Å². The molecule has 2 rings (SSSR count). The lowest BCUT2D eigenvalue weighted by Gasteiger charge is -2.16. The first-order valence-electron chi connectivity index (χ1n) is 7.57. The Labute approximate surface area is 159 Å². The van der Waals surface area contributed by atoms with Gasteiger partial charge in [0.15, 0.2) is 11.7 Å². The van der Waals surface area contributed by atoms with Gasteiger partial charge in [0, 0.05) is 35.3 Å². The predicted octanol–water partition coefficient (Wildman–Crippen LogP) is 3.52. The van der Waals surface area contributed by atoms with Gasteiger partial charge in [0.1, 0.15) is 0 Å². The molecule has 0 saturated carbocycles. The molecule has 0 aliphatic heterocycles. The molecule has 7 heteroatoms. The Morgan fingerprint density at radius 1 is 1.43 bits per heavy atom. The Morgan fingerprint density at radius 3 is 2.78 bits per heavy atom. The molecule has 2 heterocycles. The molecule has 2 N–H and O–H groups in total. The van der Waals surface area contributed by atoms with E-state index in [1.165, 1.54) is 9.75 Å². The number of nitrogens with one attached hydrogen (secondary N) is 2. The number of nitrogens with zero attached hydrogens (tertiary/aromatic N) is 2. The minimum atomic E-state index is 0. The lowest BCUT2D eigenvalue weighted by atomic mass is 10.2. The van der Waals surface area contributed by atoms with Crippen molar-refractivity contribution < 1.29 is 4.52 Å². The molecule has 0 aromatic carbocycles. The van der Waals surface area contributed by atoms with E-state index in [2.05, 4.69) is 53.7 Å². The summed E-state index contributed by atoms with van der Waals surface area (Å²) in [5.41, 5.74) is 0.973. The van der Waals surface area contributed by atoms with Crippen molar-refractivity contribution in [3.05, 3.63) is 39.4 Å². The molecule has 0 radical (unpaired) electrons. The van der Waals surface area contributed by atoms with E-state index in [0.29, 0.717) is 12.6 Å². The Bertz CT molecular complexity index is 623. The fourth-order valence-electron chi connectivity index (χ4n) is 2.15. The minimum absolute atomic E-state index is 0. The highest BCUT2D eigenvalue weighted by Gasteiger charge is 2.09. The summed E-state index contributed by atoms with van der Waals surface area (Å²) >= 11 is 1.84. The molecule has 23 heavy (non-hydrogen) atoms. The SMILES string of the molecule is CCc1cc(CNC(=NC)NC(C)Cc2ccc(C)s2)on1.I. The third-order valence-electron chi connectivity index (χ3n) is 3.31. The molecule has 128 valence electrons. The predicted molar refractivity (Wildman–Crippen MR) is 107 cm³/mol. The van der Waals surface area contributed by atoms with Gasteiger partial charge in [-0.1, -0.05) is 12.1 Å². The van der Waals surface area contributed by atoms with Crippen LogP contribution < -0.4 is 10.6 Å². The van der Waals surface area contributed by atoms with Crippen LogP contribution in [-0.4, -0.2) is 24.2 Å². The molecule has 0 amide bonds. The maximum absolute atomic E-state index is 5.26. The Balaban J connectivity index is 0.00000264. The van der Waals surface area contributed by atoms with E-state index >= 15 is 0 Å². The monoisotopic (exact) mass is 448 g/mol. The molecule has 5 nitrogen and oxygen atoms in total. The second-order valence-electron chi connectivity index (χ2n) is 5.33. The number of rotatable bonds is 6. The van der Waals surface area contributed by atoms with E-state index in [1.807, 2.05) is 17.4 Å². The number of aromatic nitrogens is 1. The molecule has 2 aromatic rings. The lowest BCUT2D eigenvalue weighted by Crippen LogP contribution is -2.42. The molecule has 1 atom stereocenters. The first-order valence-corrected chi connectivity index (χ1v) is 8.39. The molecule has 0 aliphatic rings. The zero-order valence-electron chi connectivity index (χ0n) is 14.0. The van der Waals surface area contributed by atoms with Crippen LogP contribution in [0.3, 0.4) is 0 Å². The highest BCUT2D eigenvalue weighted by Crippen LogP contribution is 2.16. The largest absolute Gasteiger partial charge is 0.359 e. The number of aliphatic imine (C=N–C) groups is 1. The zero-order chi connectivity index (χ0) is 15.9. The van der Waals surface area contributed by atoms with E-state index in [0.717, 1.165) is 30.3 Å². The highest BCUT2D eigenvalue weighted by atomic mass is 127. The molecule has 1 unspecified atom stereocenters. The van der Waals surface area contributed by atoms with E-state index in [4.69, 9.17) is 4.52 Å². The van der Waals surface area contributed by atoms with Crippen LogP contribution in [0.5, 0.6) is 0 Å². The first kappa shape index (κ1) is 20.0. The van der Waals surface area contributed by atoms with Crippen LogP contribution in [0.4, 0.5) is 0 Å². The van der Waals surface area contributed by atoms with Crippen LogP contribution >= 0.6 is 35.3 Å². The normalized spacial score (nSPS) is 12.6. The molecule has 0 saturated heterocycles. The van der Waals surface area contributed by atoms with Gasteiger partial charge in [0.05, 0.1) is 12.2 Å². The molecule has 0 aliphatic carbocycles. The van der Waals surface area contributed by atoms with E-state index in [9.17, 15) is 0 Å². The lowest BCUT2D eigenvalue weighted by molar-refractivity contribution is 0.374. The number of thiophene rings is 1. The summed E-state index contributed by atoms with van der Waals surface area (Å²) in [5.74, 6) is 1.59. The van der Waals surface area contributed by atoms with E-state index < -0.39 is 0 Å².